The van der Waals surface area contributed by atoms with Gasteiger partial charge in [0.15, 0.2) is 0 Å². The Hall–Kier alpha value is -0.940. The van der Waals surface area contributed by atoms with Gasteiger partial charge < -0.3 is 9.84 Å². The molecule has 1 atom stereocenters. The predicted molar refractivity (Wildman–Crippen MR) is 69.4 cm³/mol. The maximum atomic E-state index is 12.7. The molecule has 1 spiro atoms. The van der Waals surface area contributed by atoms with Gasteiger partial charge in [0.1, 0.15) is 0 Å². The molecular weight excluding hydrogens is 246 g/mol. The largest absolute Gasteiger partial charge is 0.394 e. The van der Waals surface area contributed by atoms with Crippen molar-refractivity contribution in [1.82, 2.24) is 4.90 Å². The molecule has 0 aromatic heterocycles. The highest BCUT2D eigenvalue weighted by molar-refractivity contribution is 6.06. The van der Waals surface area contributed by atoms with Gasteiger partial charge in [-0.3, -0.25) is 14.5 Å². The van der Waals surface area contributed by atoms with Crippen LogP contribution in [-0.2, 0) is 14.3 Å². The quantitative estimate of drug-likeness (QED) is 0.776. The summed E-state index contributed by atoms with van der Waals surface area (Å²) in [5, 5.41) is 9.37. The first-order valence-corrected chi connectivity index (χ1v) is 7.11. The van der Waals surface area contributed by atoms with E-state index < -0.39 is 11.5 Å². The number of aliphatic hydroxyl groups excluding tert-OH is 1. The van der Waals surface area contributed by atoms with E-state index in [1.54, 1.807) is 0 Å². The second-order valence-corrected chi connectivity index (χ2v) is 5.73. The van der Waals surface area contributed by atoms with Gasteiger partial charge in [0.25, 0.3) is 0 Å². The highest BCUT2D eigenvalue weighted by Gasteiger charge is 2.52. The van der Waals surface area contributed by atoms with Crippen LogP contribution in [0.2, 0.25) is 0 Å². The van der Waals surface area contributed by atoms with Crippen molar-refractivity contribution in [2.45, 2.75) is 51.0 Å². The van der Waals surface area contributed by atoms with Gasteiger partial charge in [0.2, 0.25) is 11.8 Å². The van der Waals surface area contributed by atoms with Crippen LogP contribution in [0, 0.1) is 5.41 Å². The molecule has 19 heavy (non-hydrogen) atoms. The number of likely N-dealkylation sites (tertiary alicyclic amines) is 1. The van der Waals surface area contributed by atoms with Crippen LogP contribution in [0.15, 0.2) is 0 Å². The van der Waals surface area contributed by atoms with E-state index in [2.05, 4.69) is 0 Å². The van der Waals surface area contributed by atoms with Crippen molar-refractivity contribution >= 4 is 11.8 Å². The number of hydrogen-bond donors (Lipinski definition) is 1. The molecule has 108 valence electrons. The zero-order valence-electron chi connectivity index (χ0n) is 11.6. The third-order valence-corrected chi connectivity index (χ3v) is 4.43. The number of carbonyl (C=O) groups is 2. The number of hydrogen-bond acceptors (Lipinski definition) is 4. The van der Waals surface area contributed by atoms with Gasteiger partial charge >= 0.3 is 0 Å². The molecule has 1 N–H and O–H groups in total. The van der Waals surface area contributed by atoms with Crippen LogP contribution in [0.4, 0.5) is 0 Å². The summed E-state index contributed by atoms with van der Waals surface area (Å²) in [6, 6.07) is -0.535. The van der Waals surface area contributed by atoms with Crippen LogP contribution in [0.5, 0.6) is 0 Å². The summed E-state index contributed by atoms with van der Waals surface area (Å²) < 4.78 is 5.00. The van der Waals surface area contributed by atoms with Crippen LogP contribution in [0.1, 0.15) is 44.9 Å². The minimum Gasteiger partial charge on any atom is -0.394 e. The minimum atomic E-state index is -0.535. The third kappa shape index (κ3) is 2.67. The van der Waals surface area contributed by atoms with Crippen molar-refractivity contribution < 1.29 is 19.4 Å². The summed E-state index contributed by atoms with van der Waals surface area (Å²) in [5.41, 5.74) is -0.491. The molecule has 5 nitrogen and oxygen atoms in total. The van der Waals surface area contributed by atoms with Crippen LogP contribution in [0.3, 0.4) is 0 Å². The Bertz CT molecular complexity index is 347. The third-order valence-electron chi connectivity index (χ3n) is 4.43. The number of nitrogens with zero attached hydrogens (tertiary/aromatic N) is 1. The van der Waals surface area contributed by atoms with Gasteiger partial charge in [-0.05, 0) is 12.8 Å². The minimum absolute atomic E-state index is 0.0875. The van der Waals surface area contributed by atoms with Gasteiger partial charge in [0, 0.05) is 13.5 Å². The Morgan fingerprint density at radius 2 is 1.89 bits per heavy atom. The standard InChI is InChI=1S/C14H23NO4/c1-19-10-11(9-16)15-12(17)8-14(13(15)18)6-4-2-3-5-7-14/h11,16H,2-10H2,1H3. The highest BCUT2D eigenvalue weighted by atomic mass is 16.5. The average Bonchev–Trinajstić information content (AvgIpc) is 2.59. The van der Waals surface area contributed by atoms with Crippen molar-refractivity contribution in [3.8, 4) is 0 Å². The lowest BCUT2D eigenvalue weighted by Gasteiger charge is -2.28. The van der Waals surface area contributed by atoms with E-state index in [0.717, 1.165) is 38.5 Å². The summed E-state index contributed by atoms with van der Waals surface area (Å²) in [5.74, 6) is -0.237. The van der Waals surface area contributed by atoms with Crippen LogP contribution in [0.25, 0.3) is 0 Å². The molecule has 0 aromatic carbocycles. The number of methoxy groups -OCH3 is 1. The summed E-state index contributed by atoms with van der Waals surface area (Å²) in [4.78, 5) is 26.1. The Morgan fingerprint density at radius 3 is 2.42 bits per heavy atom. The van der Waals surface area contributed by atoms with Crippen molar-refractivity contribution in [3.05, 3.63) is 0 Å². The molecule has 2 rings (SSSR count). The first-order chi connectivity index (χ1) is 9.14. The molecule has 0 radical (unpaired) electrons. The normalized spacial score (nSPS) is 24.8. The number of imide groups is 1. The van der Waals surface area contributed by atoms with E-state index in [0.29, 0.717) is 6.42 Å². The van der Waals surface area contributed by atoms with Crippen molar-refractivity contribution in [2.75, 3.05) is 20.3 Å². The topological polar surface area (TPSA) is 66.8 Å². The summed E-state index contributed by atoms with van der Waals surface area (Å²) >= 11 is 0. The molecule has 5 heteroatoms. The number of amides is 2. The smallest absolute Gasteiger partial charge is 0.236 e. The molecule has 0 aromatic rings. The van der Waals surface area contributed by atoms with Crippen molar-refractivity contribution in [2.24, 2.45) is 5.41 Å². The molecular formula is C14H23NO4. The molecule has 2 fully saturated rings. The van der Waals surface area contributed by atoms with Gasteiger partial charge in [-0.2, -0.15) is 0 Å². The molecule has 1 saturated heterocycles. The molecule has 1 saturated carbocycles. The zero-order chi connectivity index (χ0) is 13.9. The van der Waals surface area contributed by atoms with Gasteiger partial charge in [-0.15, -0.1) is 0 Å². The van der Waals surface area contributed by atoms with Gasteiger partial charge in [0.05, 0.1) is 24.7 Å². The Labute approximate surface area is 113 Å². The average molecular weight is 269 g/mol. The van der Waals surface area contributed by atoms with Crippen LogP contribution >= 0.6 is 0 Å². The highest BCUT2D eigenvalue weighted by Crippen LogP contribution is 2.44. The zero-order valence-corrected chi connectivity index (χ0v) is 11.6. The lowest BCUT2D eigenvalue weighted by molar-refractivity contribution is -0.146. The summed E-state index contributed by atoms with van der Waals surface area (Å²) in [6.07, 6.45) is 6.24. The SMILES string of the molecule is COCC(CO)N1C(=O)CC2(CCCCCC2)C1=O. The number of carbonyl (C=O) groups excluding carboxylic acids is 2. The van der Waals surface area contributed by atoms with E-state index in [1.165, 1.54) is 12.0 Å². The van der Waals surface area contributed by atoms with Crippen molar-refractivity contribution in [3.63, 3.8) is 0 Å². The molecule has 1 aliphatic heterocycles. The summed E-state index contributed by atoms with van der Waals surface area (Å²) in [7, 11) is 1.51. The van der Waals surface area contributed by atoms with Crippen molar-refractivity contribution in [1.29, 1.82) is 0 Å². The number of ether oxygens (including phenoxy) is 1. The first kappa shape index (κ1) is 14.5. The second-order valence-electron chi connectivity index (χ2n) is 5.73. The lowest BCUT2D eigenvalue weighted by Crippen LogP contribution is -2.46. The molecule has 1 heterocycles. The fraction of sp³-hybridized carbons (Fsp3) is 0.857. The molecule has 2 aliphatic rings. The lowest BCUT2D eigenvalue weighted by atomic mass is 9.79. The second kappa shape index (κ2) is 6.01. The van der Waals surface area contributed by atoms with Crippen LogP contribution in [-0.4, -0.2) is 48.2 Å². The molecule has 0 bridgehead atoms. The molecule has 2 amide bonds. The Morgan fingerprint density at radius 1 is 1.26 bits per heavy atom. The van der Waals surface area contributed by atoms with E-state index in [1.807, 2.05) is 0 Å². The fourth-order valence-electron chi connectivity index (χ4n) is 3.39. The maximum Gasteiger partial charge on any atom is 0.236 e. The monoisotopic (exact) mass is 269 g/mol. The summed E-state index contributed by atoms with van der Waals surface area (Å²) in [6.45, 7) is -0.0363. The number of aliphatic hydroxyl groups is 1. The predicted octanol–water partition coefficient (Wildman–Crippen LogP) is 1.09. The van der Waals surface area contributed by atoms with E-state index in [-0.39, 0.29) is 25.0 Å². The number of rotatable bonds is 4. The fourth-order valence-corrected chi connectivity index (χ4v) is 3.39. The van der Waals surface area contributed by atoms with Crippen LogP contribution < -0.4 is 0 Å². The van der Waals surface area contributed by atoms with E-state index in [4.69, 9.17) is 4.74 Å². The maximum absolute atomic E-state index is 12.7. The van der Waals surface area contributed by atoms with E-state index >= 15 is 0 Å². The van der Waals surface area contributed by atoms with Gasteiger partial charge in [-0.25, -0.2) is 0 Å². The first-order valence-electron chi connectivity index (χ1n) is 7.11. The molecule has 1 unspecified atom stereocenters. The Balaban J connectivity index is 2.19. The van der Waals surface area contributed by atoms with Gasteiger partial charge in [-0.1, -0.05) is 25.7 Å². The Kier molecular flexibility index (Phi) is 4.58. The molecule has 1 aliphatic carbocycles. The van der Waals surface area contributed by atoms with E-state index in [9.17, 15) is 14.7 Å².